The smallest absolute Gasteiger partial charge is 0.0726 e. The molecule has 2 saturated carbocycles. The van der Waals surface area contributed by atoms with E-state index in [0.29, 0.717) is 0 Å². The van der Waals surface area contributed by atoms with Crippen LogP contribution in [0, 0.1) is 63.2 Å². The first kappa shape index (κ1) is 17.8. The summed E-state index contributed by atoms with van der Waals surface area (Å²) in [6.45, 7) is 2.20. The predicted octanol–water partition coefficient (Wildman–Crippen LogP) is 5.93. The molecule has 1 heteroatoms. The summed E-state index contributed by atoms with van der Waals surface area (Å²) in [4.78, 5) is 5.16. The van der Waals surface area contributed by atoms with Crippen molar-refractivity contribution in [3.63, 3.8) is 0 Å². The van der Waals surface area contributed by atoms with Crippen LogP contribution in [-0.4, -0.2) is 5.71 Å². The third kappa shape index (κ3) is 4.03. The van der Waals surface area contributed by atoms with Crippen molar-refractivity contribution < 1.29 is 0 Å². The highest BCUT2D eigenvalue weighted by atomic mass is 14.8. The molecule has 0 saturated heterocycles. The van der Waals surface area contributed by atoms with E-state index >= 15 is 0 Å². The van der Waals surface area contributed by atoms with Crippen LogP contribution in [0.4, 0.5) is 0 Å². The molecule has 26 heavy (non-hydrogen) atoms. The lowest BCUT2D eigenvalue weighted by molar-refractivity contribution is 0.811. The second-order valence-corrected chi connectivity index (χ2v) is 6.79. The first-order valence-corrected chi connectivity index (χ1v) is 9.28. The Bertz CT molecular complexity index is 742. The number of hydrogen-bond donors (Lipinski definition) is 0. The van der Waals surface area contributed by atoms with Gasteiger partial charge in [0.1, 0.15) is 0 Å². The molecule has 128 valence electrons. The van der Waals surface area contributed by atoms with Crippen molar-refractivity contribution in [3.8, 4) is 0 Å². The minimum Gasteiger partial charge on any atom is -0.286 e. The molecule has 0 spiro atoms. The highest BCUT2D eigenvalue weighted by molar-refractivity contribution is 6.02. The molecule has 2 fully saturated rings. The van der Waals surface area contributed by atoms with Crippen LogP contribution in [0.1, 0.15) is 31.4 Å². The quantitative estimate of drug-likeness (QED) is 0.579. The standard InChI is InChI=1S/C25H23N/c1-19(23-16-8-14-21-11-6-7-15-24(21)23)26-25(22-12-4-5-13-22)18-17-20-9-2-3-10-20/h2-16,19H,17-18H2,1H3/t19-/m0/s1. The molecule has 0 bridgehead atoms. The van der Waals surface area contributed by atoms with Gasteiger partial charge in [0.05, 0.1) is 6.04 Å². The van der Waals surface area contributed by atoms with Crippen LogP contribution in [0.5, 0.6) is 0 Å². The highest BCUT2D eigenvalue weighted by Crippen LogP contribution is 2.34. The third-order valence-electron chi connectivity index (χ3n) is 5.00. The van der Waals surface area contributed by atoms with Gasteiger partial charge in [-0.15, -0.1) is 0 Å². The Kier molecular flexibility index (Phi) is 5.72. The van der Waals surface area contributed by atoms with Crippen molar-refractivity contribution in [1.82, 2.24) is 0 Å². The minimum atomic E-state index is 0.130. The third-order valence-corrected chi connectivity index (χ3v) is 5.00. The molecule has 0 aromatic heterocycles. The lowest BCUT2D eigenvalue weighted by Gasteiger charge is -2.18. The van der Waals surface area contributed by atoms with Crippen LogP contribution < -0.4 is 0 Å². The Hall–Kier alpha value is -1.63. The van der Waals surface area contributed by atoms with Crippen LogP contribution in [-0.2, 0) is 0 Å². The van der Waals surface area contributed by atoms with E-state index in [1.54, 1.807) is 0 Å². The van der Waals surface area contributed by atoms with Crippen LogP contribution in [0.2, 0.25) is 0 Å². The summed E-state index contributed by atoms with van der Waals surface area (Å²) in [7, 11) is 0. The van der Waals surface area contributed by atoms with E-state index in [2.05, 4.69) is 101 Å². The van der Waals surface area contributed by atoms with Crippen molar-refractivity contribution in [2.45, 2.75) is 25.8 Å². The maximum atomic E-state index is 5.16. The molecule has 4 rings (SSSR count). The Morgan fingerprint density at radius 1 is 0.846 bits per heavy atom. The molecule has 0 unspecified atom stereocenters. The molecular formula is C25H23N. The highest BCUT2D eigenvalue weighted by Gasteiger charge is 2.25. The molecule has 0 N–H and O–H groups in total. The van der Waals surface area contributed by atoms with Crippen LogP contribution in [0.25, 0.3) is 10.8 Å². The monoisotopic (exact) mass is 337 g/mol. The van der Waals surface area contributed by atoms with E-state index < -0.39 is 0 Å². The molecule has 2 aromatic carbocycles. The van der Waals surface area contributed by atoms with Gasteiger partial charge in [-0.2, -0.15) is 0 Å². The second-order valence-electron chi connectivity index (χ2n) is 6.79. The number of aliphatic imine (C=N–C) groups is 1. The topological polar surface area (TPSA) is 12.4 Å². The minimum absolute atomic E-state index is 0.130. The van der Waals surface area contributed by atoms with E-state index in [4.69, 9.17) is 4.99 Å². The van der Waals surface area contributed by atoms with Crippen LogP contribution >= 0.6 is 0 Å². The molecule has 2 aliphatic rings. The zero-order valence-corrected chi connectivity index (χ0v) is 15.1. The van der Waals surface area contributed by atoms with E-state index in [1.807, 2.05) is 0 Å². The lowest BCUT2D eigenvalue weighted by atomic mass is 9.92. The summed E-state index contributed by atoms with van der Waals surface area (Å²) in [5, 5.41) is 2.57. The summed E-state index contributed by atoms with van der Waals surface area (Å²) < 4.78 is 0. The normalized spacial score (nSPS) is 20.9. The number of hydrogen-bond acceptors (Lipinski definition) is 1. The van der Waals surface area contributed by atoms with E-state index in [9.17, 15) is 0 Å². The van der Waals surface area contributed by atoms with Gasteiger partial charge in [-0.05, 0) is 93.4 Å². The van der Waals surface area contributed by atoms with Crippen molar-refractivity contribution in [1.29, 1.82) is 0 Å². The Morgan fingerprint density at radius 3 is 2.35 bits per heavy atom. The van der Waals surface area contributed by atoms with E-state index in [0.717, 1.165) is 12.8 Å². The molecule has 2 aromatic rings. The predicted molar refractivity (Wildman–Crippen MR) is 110 cm³/mol. The van der Waals surface area contributed by atoms with Gasteiger partial charge in [-0.1, -0.05) is 42.5 Å². The average molecular weight is 337 g/mol. The van der Waals surface area contributed by atoms with Crippen molar-refractivity contribution in [3.05, 3.63) is 111 Å². The first-order valence-electron chi connectivity index (χ1n) is 9.28. The molecular weight excluding hydrogens is 314 g/mol. The van der Waals surface area contributed by atoms with Gasteiger partial charge < -0.3 is 0 Å². The zero-order chi connectivity index (χ0) is 17.8. The molecule has 0 aliphatic heterocycles. The summed E-state index contributed by atoms with van der Waals surface area (Å²) >= 11 is 0. The lowest BCUT2D eigenvalue weighted by Crippen LogP contribution is -2.13. The van der Waals surface area contributed by atoms with Gasteiger partial charge in [0, 0.05) is 11.6 Å². The summed E-state index contributed by atoms with van der Waals surface area (Å²) in [6, 6.07) is 15.2. The van der Waals surface area contributed by atoms with Crippen LogP contribution in [0.15, 0.2) is 47.5 Å². The second kappa shape index (κ2) is 8.37. The number of fused-ring (bicyclic) bond motifs is 1. The molecule has 1 nitrogen and oxygen atoms in total. The zero-order valence-electron chi connectivity index (χ0n) is 15.1. The molecule has 1 atom stereocenters. The summed E-state index contributed by atoms with van der Waals surface area (Å²) in [5.74, 6) is 2.62. The van der Waals surface area contributed by atoms with Gasteiger partial charge >= 0.3 is 0 Å². The van der Waals surface area contributed by atoms with Crippen LogP contribution in [0.3, 0.4) is 0 Å². The maximum Gasteiger partial charge on any atom is 0.0726 e. The van der Waals surface area contributed by atoms with Crippen molar-refractivity contribution in [2.75, 3.05) is 0 Å². The molecule has 10 radical (unpaired) electrons. The van der Waals surface area contributed by atoms with Gasteiger partial charge in [0.25, 0.3) is 0 Å². The van der Waals surface area contributed by atoms with Crippen molar-refractivity contribution >= 4 is 16.5 Å². The number of nitrogens with zero attached hydrogens (tertiary/aromatic N) is 1. The van der Waals surface area contributed by atoms with Gasteiger partial charge in [-0.3, -0.25) is 4.99 Å². The fraction of sp³-hybridized carbons (Fsp3) is 0.160. The average Bonchev–Trinajstić information content (AvgIpc) is 3.38. The fourth-order valence-corrected chi connectivity index (χ4v) is 3.61. The number of rotatable bonds is 6. The number of benzene rings is 2. The largest absolute Gasteiger partial charge is 0.286 e. The molecule has 0 heterocycles. The van der Waals surface area contributed by atoms with Crippen molar-refractivity contribution in [2.24, 2.45) is 4.99 Å². The van der Waals surface area contributed by atoms with Gasteiger partial charge in [0.2, 0.25) is 0 Å². The Morgan fingerprint density at radius 2 is 1.54 bits per heavy atom. The van der Waals surface area contributed by atoms with Gasteiger partial charge in [0.15, 0.2) is 0 Å². The van der Waals surface area contributed by atoms with E-state index in [1.165, 1.54) is 33.9 Å². The Labute approximate surface area is 158 Å². The maximum absolute atomic E-state index is 5.16. The summed E-state index contributed by atoms with van der Waals surface area (Å²) in [6.07, 6.45) is 19.1. The molecule has 2 aliphatic carbocycles. The molecule has 0 amide bonds. The Balaban J connectivity index is 1.57. The fourth-order valence-electron chi connectivity index (χ4n) is 3.61. The summed E-state index contributed by atoms with van der Waals surface area (Å²) in [5.41, 5.74) is 2.48. The van der Waals surface area contributed by atoms with E-state index in [-0.39, 0.29) is 6.04 Å². The van der Waals surface area contributed by atoms with Gasteiger partial charge in [-0.25, -0.2) is 0 Å². The SMILES string of the molecule is C[C@H](N=C(CC[C]1[CH][CH][CH][CH]1)[C]1[CH][CH][CH][CH]1)c1cccc2ccccc12. The first-order chi connectivity index (χ1) is 12.8.